The summed E-state index contributed by atoms with van der Waals surface area (Å²) < 4.78 is 6.27. The molecule has 1 aliphatic heterocycles. The molecule has 0 N–H and O–H groups in total. The number of aromatic nitrogens is 3. The third-order valence-electron chi connectivity index (χ3n) is 5.09. The highest BCUT2D eigenvalue weighted by Gasteiger charge is 2.45. The van der Waals surface area contributed by atoms with Crippen LogP contribution in [0.25, 0.3) is 0 Å². The number of rotatable bonds is 4. The van der Waals surface area contributed by atoms with Gasteiger partial charge in [-0.05, 0) is 36.8 Å². The number of esters is 1. The van der Waals surface area contributed by atoms with Crippen LogP contribution >= 0.6 is 0 Å². The number of nitrogens with zero attached hydrogens (tertiary/aromatic N) is 5. The number of methoxy groups -OCH3 is 1. The fourth-order valence-electron chi connectivity index (χ4n) is 3.52. The van der Waals surface area contributed by atoms with Crippen LogP contribution in [-0.4, -0.2) is 40.9 Å². The number of nitriles is 1. The number of pyridine rings is 1. The monoisotopic (exact) mass is 337 g/mol. The summed E-state index contributed by atoms with van der Waals surface area (Å²) in [6.07, 6.45) is 2.92. The van der Waals surface area contributed by atoms with Crippen molar-refractivity contribution in [3.05, 3.63) is 40.8 Å². The minimum atomic E-state index is -0.555. The van der Waals surface area contributed by atoms with Gasteiger partial charge in [0.25, 0.3) is 0 Å². The van der Waals surface area contributed by atoms with Crippen LogP contribution in [0.15, 0.2) is 18.3 Å². The summed E-state index contributed by atoms with van der Waals surface area (Å²) in [5.74, 6) is 2.21. The molecular formula is C18H19N5O2. The van der Waals surface area contributed by atoms with Crippen LogP contribution in [0.5, 0.6) is 0 Å². The smallest absolute Gasteiger partial charge is 0.342 e. The summed E-state index contributed by atoms with van der Waals surface area (Å²) in [4.78, 5) is 18.8. The number of anilines is 1. The summed E-state index contributed by atoms with van der Waals surface area (Å²) in [5.41, 5.74) is 2.21. The maximum Gasteiger partial charge on any atom is 0.342 e. The molecule has 25 heavy (non-hydrogen) atoms. The van der Waals surface area contributed by atoms with Crippen LogP contribution in [0.4, 0.5) is 5.82 Å². The first-order valence-corrected chi connectivity index (χ1v) is 8.36. The van der Waals surface area contributed by atoms with E-state index in [-0.39, 0.29) is 11.3 Å². The predicted octanol–water partition coefficient (Wildman–Crippen LogP) is 1.75. The van der Waals surface area contributed by atoms with Gasteiger partial charge in [-0.2, -0.15) is 10.4 Å². The third kappa shape index (κ3) is 2.84. The average molecular weight is 337 g/mol. The van der Waals surface area contributed by atoms with Gasteiger partial charge in [0.2, 0.25) is 0 Å². The number of hydrogen-bond acceptors (Lipinski definition) is 6. The van der Waals surface area contributed by atoms with E-state index in [1.807, 2.05) is 25.1 Å². The van der Waals surface area contributed by atoms with Crippen LogP contribution in [0, 0.1) is 30.1 Å². The highest BCUT2D eigenvalue weighted by Crippen LogP contribution is 2.45. The zero-order valence-electron chi connectivity index (χ0n) is 14.3. The van der Waals surface area contributed by atoms with Gasteiger partial charge in [-0.3, -0.25) is 4.68 Å². The van der Waals surface area contributed by atoms with Crippen LogP contribution in [0.2, 0.25) is 0 Å². The minimum Gasteiger partial charge on any atom is -0.465 e. The summed E-state index contributed by atoms with van der Waals surface area (Å²) in [6.45, 7) is 4.66. The van der Waals surface area contributed by atoms with Gasteiger partial charge in [-0.1, -0.05) is 6.07 Å². The Bertz CT molecular complexity index is 872. The van der Waals surface area contributed by atoms with Crippen molar-refractivity contribution in [2.45, 2.75) is 19.9 Å². The molecule has 0 amide bonds. The molecule has 3 heterocycles. The van der Waals surface area contributed by atoms with Crippen LogP contribution in [-0.2, 0) is 11.3 Å². The normalized spacial score (nSPS) is 20.9. The van der Waals surface area contributed by atoms with Gasteiger partial charge in [0.15, 0.2) is 5.69 Å². The van der Waals surface area contributed by atoms with Crippen LogP contribution in [0.3, 0.4) is 0 Å². The van der Waals surface area contributed by atoms with Crippen molar-refractivity contribution < 1.29 is 9.53 Å². The number of hydrogen-bond donors (Lipinski definition) is 0. The van der Waals surface area contributed by atoms with Crippen molar-refractivity contribution in [1.29, 1.82) is 5.26 Å². The third-order valence-corrected chi connectivity index (χ3v) is 5.09. The number of fused-ring (bicyclic) bond motifs is 1. The van der Waals surface area contributed by atoms with E-state index in [0.717, 1.165) is 42.0 Å². The molecule has 7 nitrogen and oxygen atoms in total. The molecule has 2 aromatic rings. The van der Waals surface area contributed by atoms with E-state index in [2.05, 4.69) is 14.7 Å². The SMILES string of the molecule is COC(=O)c1cn(Cc2ccc(N3CC4CC4C3)nc2C)nc1C#N. The summed E-state index contributed by atoms with van der Waals surface area (Å²) in [5, 5.41) is 13.3. The number of aryl methyl sites for hydroxylation is 1. The minimum absolute atomic E-state index is 0.0744. The zero-order valence-corrected chi connectivity index (χ0v) is 14.3. The second-order valence-electron chi connectivity index (χ2n) is 6.77. The van der Waals surface area contributed by atoms with Gasteiger partial charge in [-0.15, -0.1) is 0 Å². The van der Waals surface area contributed by atoms with E-state index in [0.29, 0.717) is 6.54 Å². The van der Waals surface area contributed by atoms with E-state index in [9.17, 15) is 4.79 Å². The number of carbonyl (C=O) groups is 1. The molecule has 2 fully saturated rings. The molecule has 1 aliphatic carbocycles. The molecular weight excluding hydrogens is 318 g/mol. The van der Waals surface area contributed by atoms with E-state index >= 15 is 0 Å². The molecule has 2 aliphatic rings. The Balaban J connectivity index is 1.54. The largest absolute Gasteiger partial charge is 0.465 e. The van der Waals surface area contributed by atoms with Crippen molar-refractivity contribution in [2.24, 2.45) is 11.8 Å². The Morgan fingerprint density at radius 3 is 2.80 bits per heavy atom. The summed E-state index contributed by atoms with van der Waals surface area (Å²) in [7, 11) is 1.29. The highest BCUT2D eigenvalue weighted by molar-refractivity contribution is 5.91. The van der Waals surface area contributed by atoms with Crippen molar-refractivity contribution in [3.8, 4) is 6.07 Å². The fourth-order valence-corrected chi connectivity index (χ4v) is 3.52. The van der Waals surface area contributed by atoms with Crippen LogP contribution < -0.4 is 4.90 Å². The van der Waals surface area contributed by atoms with Crippen LogP contribution in [0.1, 0.15) is 33.7 Å². The van der Waals surface area contributed by atoms with E-state index in [1.54, 1.807) is 10.9 Å². The van der Waals surface area contributed by atoms with Gasteiger partial charge in [0, 0.05) is 25.0 Å². The first-order chi connectivity index (χ1) is 12.1. The van der Waals surface area contributed by atoms with E-state index < -0.39 is 5.97 Å². The van der Waals surface area contributed by atoms with Crippen molar-refractivity contribution >= 4 is 11.8 Å². The standard InChI is InChI=1S/C18H19N5O2/c1-11-12(3-4-17(20-11)22-7-13-5-14(13)8-22)9-23-10-15(18(24)25-2)16(6-19)21-23/h3-4,10,13-14H,5,7-9H2,1-2H3. The molecule has 1 saturated heterocycles. The molecule has 2 aromatic heterocycles. The van der Waals surface area contributed by atoms with Crippen molar-refractivity contribution in [3.63, 3.8) is 0 Å². The summed E-state index contributed by atoms with van der Waals surface area (Å²) in [6, 6.07) is 6.02. The molecule has 1 saturated carbocycles. The molecule has 2 atom stereocenters. The summed E-state index contributed by atoms with van der Waals surface area (Å²) >= 11 is 0. The topological polar surface area (TPSA) is 84.0 Å². The zero-order chi connectivity index (χ0) is 17.6. The average Bonchev–Trinajstić information content (AvgIpc) is 3.05. The first kappa shape index (κ1) is 15.6. The lowest BCUT2D eigenvalue weighted by molar-refractivity contribution is 0.0600. The Morgan fingerprint density at radius 2 is 2.16 bits per heavy atom. The number of carbonyl (C=O) groups excluding carboxylic acids is 1. The number of piperidine rings is 1. The molecule has 128 valence electrons. The maximum absolute atomic E-state index is 11.7. The van der Waals surface area contributed by atoms with E-state index in [1.165, 1.54) is 13.5 Å². The van der Waals surface area contributed by atoms with Gasteiger partial charge in [0.1, 0.15) is 17.5 Å². The van der Waals surface area contributed by atoms with Gasteiger partial charge >= 0.3 is 5.97 Å². The molecule has 4 rings (SSSR count). The second kappa shape index (κ2) is 5.88. The van der Waals surface area contributed by atoms with Crippen molar-refractivity contribution in [1.82, 2.24) is 14.8 Å². The maximum atomic E-state index is 11.7. The first-order valence-electron chi connectivity index (χ1n) is 8.36. The molecule has 2 unspecified atom stereocenters. The van der Waals surface area contributed by atoms with Gasteiger partial charge in [-0.25, -0.2) is 9.78 Å². The van der Waals surface area contributed by atoms with Gasteiger partial charge < -0.3 is 9.64 Å². The van der Waals surface area contributed by atoms with Crippen molar-refractivity contribution in [2.75, 3.05) is 25.1 Å². The lowest BCUT2D eigenvalue weighted by Crippen LogP contribution is -2.23. The molecule has 7 heteroatoms. The molecule has 0 radical (unpaired) electrons. The molecule has 0 spiro atoms. The Labute approximate surface area is 145 Å². The fraction of sp³-hybridized carbons (Fsp3) is 0.444. The Hall–Kier alpha value is -2.88. The van der Waals surface area contributed by atoms with E-state index in [4.69, 9.17) is 10.2 Å². The molecule has 0 aromatic carbocycles. The molecule has 0 bridgehead atoms. The quantitative estimate of drug-likeness (QED) is 0.790. The highest BCUT2D eigenvalue weighted by atomic mass is 16.5. The van der Waals surface area contributed by atoms with Gasteiger partial charge in [0.05, 0.1) is 13.7 Å². The lowest BCUT2D eigenvalue weighted by atomic mass is 10.2. The predicted molar refractivity (Wildman–Crippen MR) is 90.2 cm³/mol. The lowest BCUT2D eigenvalue weighted by Gasteiger charge is -2.20. The Morgan fingerprint density at radius 1 is 1.40 bits per heavy atom. The Kier molecular flexibility index (Phi) is 3.68. The second-order valence-corrected chi connectivity index (χ2v) is 6.77. The number of ether oxygens (including phenoxy) is 1.